The van der Waals surface area contributed by atoms with Crippen LogP contribution in [0.2, 0.25) is 0 Å². The minimum absolute atomic E-state index is 0.157. The van der Waals surface area contributed by atoms with Gasteiger partial charge in [0.1, 0.15) is 11.2 Å². The van der Waals surface area contributed by atoms with Crippen molar-refractivity contribution in [2.24, 2.45) is 0 Å². The predicted molar refractivity (Wildman–Crippen MR) is 59.4 cm³/mol. The summed E-state index contributed by atoms with van der Waals surface area (Å²) in [5, 5.41) is 9.25. The fourth-order valence-electron chi connectivity index (χ4n) is 2.08. The Labute approximate surface area is 97.7 Å². The predicted octanol–water partition coefficient (Wildman–Crippen LogP) is 1.53. The highest BCUT2D eigenvalue weighted by atomic mass is 19.1. The fourth-order valence-corrected chi connectivity index (χ4v) is 2.08. The zero-order valence-corrected chi connectivity index (χ0v) is 9.53. The van der Waals surface area contributed by atoms with Crippen LogP contribution in [0.3, 0.4) is 0 Å². The Morgan fingerprint density at radius 3 is 2.76 bits per heavy atom. The fraction of sp³-hybridized carbons (Fsp3) is 0.333. The molecule has 0 fully saturated rings. The Kier molecular flexibility index (Phi) is 2.41. The van der Waals surface area contributed by atoms with Gasteiger partial charge >= 0.3 is 5.97 Å². The molecular formula is C12H12FNO3. The number of benzene rings is 1. The third kappa shape index (κ3) is 1.58. The summed E-state index contributed by atoms with van der Waals surface area (Å²) < 4.78 is 13.2. The molecule has 1 amide bonds. The van der Waals surface area contributed by atoms with E-state index in [0.29, 0.717) is 11.3 Å². The maximum Gasteiger partial charge on any atom is 0.314 e. The largest absolute Gasteiger partial charge is 0.481 e. The maximum absolute atomic E-state index is 13.2. The third-order valence-corrected chi connectivity index (χ3v) is 3.27. The summed E-state index contributed by atoms with van der Waals surface area (Å²) in [4.78, 5) is 24.4. The first-order valence-corrected chi connectivity index (χ1v) is 5.16. The van der Waals surface area contributed by atoms with Crippen molar-refractivity contribution in [2.45, 2.75) is 18.8 Å². The Morgan fingerprint density at radius 2 is 2.18 bits per heavy atom. The maximum atomic E-state index is 13.2. The number of amides is 1. The lowest BCUT2D eigenvalue weighted by atomic mass is 9.75. The molecule has 0 saturated carbocycles. The molecule has 1 aliphatic heterocycles. The quantitative estimate of drug-likeness (QED) is 0.805. The van der Waals surface area contributed by atoms with Crippen LogP contribution in [0.4, 0.5) is 10.1 Å². The van der Waals surface area contributed by atoms with Crippen molar-refractivity contribution >= 4 is 17.6 Å². The van der Waals surface area contributed by atoms with E-state index in [-0.39, 0.29) is 12.3 Å². The molecule has 5 heteroatoms. The van der Waals surface area contributed by atoms with E-state index >= 15 is 0 Å². The van der Waals surface area contributed by atoms with Crippen LogP contribution in [0.1, 0.15) is 18.9 Å². The normalized spacial score (nSPS) is 23.5. The molecular weight excluding hydrogens is 225 g/mol. The van der Waals surface area contributed by atoms with Crippen LogP contribution in [-0.2, 0) is 15.0 Å². The van der Waals surface area contributed by atoms with Crippen molar-refractivity contribution in [3.63, 3.8) is 0 Å². The lowest BCUT2D eigenvalue weighted by molar-refractivity contribution is -0.145. The Morgan fingerprint density at radius 1 is 1.53 bits per heavy atom. The SMILES string of the molecule is CN1C(=O)C[C@](C)(C(=O)O)c2cc(F)ccc21. The number of hydrogen-bond acceptors (Lipinski definition) is 2. The van der Waals surface area contributed by atoms with Crippen LogP contribution in [0.25, 0.3) is 0 Å². The number of carbonyl (C=O) groups is 2. The molecule has 90 valence electrons. The molecule has 1 N–H and O–H groups in total. The van der Waals surface area contributed by atoms with Gasteiger partial charge in [-0.15, -0.1) is 0 Å². The third-order valence-electron chi connectivity index (χ3n) is 3.27. The van der Waals surface area contributed by atoms with Gasteiger partial charge in [-0.2, -0.15) is 0 Å². The second-order valence-electron chi connectivity index (χ2n) is 4.43. The van der Waals surface area contributed by atoms with Crippen molar-refractivity contribution < 1.29 is 19.1 Å². The minimum Gasteiger partial charge on any atom is -0.481 e. The van der Waals surface area contributed by atoms with Gasteiger partial charge in [-0.25, -0.2) is 4.39 Å². The van der Waals surface area contributed by atoms with Gasteiger partial charge in [0.15, 0.2) is 0 Å². The second kappa shape index (κ2) is 3.55. The van der Waals surface area contributed by atoms with Crippen molar-refractivity contribution in [3.8, 4) is 0 Å². The van der Waals surface area contributed by atoms with Crippen molar-refractivity contribution in [1.29, 1.82) is 0 Å². The number of fused-ring (bicyclic) bond motifs is 1. The lowest BCUT2D eigenvalue weighted by Gasteiger charge is -2.36. The van der Waals surface area contributed by atoms with Crippen LogP contribution in [0.5, 0.6) is 0 Å². The summed E-state index contributed by atoms with van der Waals surface area (Å²) in [5.41, 5.74) is -0.569. The molecule has 17 heavy (non-hydrogen) atoms. The highest BCUT2D eigenvalue weighted by molar-refractivity contribution is 6.02. The number of anilines is 1. The molecule has 4 nitrogen and oxygen atoms in total. The number of rotatable bonds is 1. The summed E-state index contributed by atoms with van der Waals surface area (Å²) in [7, 11) is 1.56. The van der Waals surface area contributed by atoms with E-state index in [1.54, 1.807) is 7.05 Å². The number of nitrogens with zero attached hydrogens (tertiary/aromatic N) is 1. The van der Waals surface area contributed by atoms with Gasteiger partial charge in [0.25, 0.3) is 0 Å². The van der Waals surface area contributed by atoms with E-state index < -0.39 is 17.2 Å². The van der Waals surface area contributed by atoms with Crippen LogP contribution in [0.15, 0.2) is 18.2 Å². The van der Waals surface area contributed by atoms with Crippen LogP contribution in [0, 0.1) is 5.82 Å². The standard InChI is InChI=1S/C12H12FNO3/c1-12(11(16)17)6-10(15)14(2)9-4-3-7(13)5-8(9)12/h3-5H,6H2,1-2H3,(H,16,17)/t12-/m0/s1. The summed E-state index contributed by atoms with van der Waals surface area (Å²) >= 11 is 0. The smallest absolute Gasteiger partial charge is 0.314 e. The Balaban J connectivity index is 2.70. The molecule has 2 rings (SSSR count). The second-order valence-corrected chi connectivity index (χ2v) is 4.43. The van der Waals surface area contributed by atoms with Gasteiger partial charge in [-0.05, 0) is 30.7 Å². The Bertz CT molecular complexity index is 514. The van der Waals surface area contributed by atoms with E-state index in [9.17, 15) is 19.1 Å². The van der Waals surface area contributed by atoms with E-state index in [1.165, 1.54) is 30.0 Å². The summed E-state index contributed by atoms with van der Waals surface area (Å²) in [6, 6.07) is 3.84. The monoisotopic (exact) mass is 237 g/mol. The van der Waals surface area contributed by atoms with Crippen LogP contribution >= 0.6 is 0 Å². The average molecular weight is 237 g/mol. The van der Waals surface area contributed by atoms with Crippen molar-refractivity contribution in [2.75, 3.05) is 11.9 Å². The minimum atomic E-state index is -1.36. The summed E-state index contributed by atoms with van der Waals surface area (Å²) in [6.07, 6.45) is -0.157. The van der Waals surface area contributed by atoms with Gasteiger partial charge in [-0.3, -0.25) is 9.59 Å². The Hall–Kier alpha value is -1.91. The first kappa shape index (κ1) is 11.6. The molecule has 0 radical (unpaired) electrons. The topological polar surface area (TPSA) is 57.6 Å². The van der Waals surface area contributed by atoms with Gasteiger partial charge in [0.2, 0.25) is 5.91 Å². The molecule has 0 saturated heterocycles. The van der Waals surface area contributed by atoms with Gasteiger partial charge in [-0.1, -0.05) is 0 Å². The lowest BCUT2D eigenvalue weighted by Crippen LogP contribution is -2.45. The number of aliphatic carboxylic acids is 1. The zero-order valence-electron chi connectivity index (χ0n) is 9.53. The van der Waals surface area contributed by atoms with Crippen LogP contribution < -0.4 is 4.90 Å². The van der Waals surface area contributed by atoms with Crippen molar-refractivity contribution in [1.82, 2.24) is 0 Å². The molecule has 0 bridgehead atoms. The highest BCUT2D eigenvalue weighted by Gasteiger charge is 2.44. The summed E-state index contributed by atoms with van der Waals surface area (Å²) in [5.74, 6) is -1.90. The molecule has 1 aromatic rings. The number of carbonyl (C=O) groups excluding carboxylic acids is 1. The molecule has 1 heterocycles. The molecule has 0 aliphatic carbocycles. The van der Waals surface area contributed by atoms with Crippen molar-refractivity contribution in [3.05, 3.63) is 29.6 Å². The van der Waals surface area contributed by atoms with E-state index in [4.69, 9.17) is 0 Å². The number of carboxylic acid groups (broad SMARTS) is 1. The molecule has 0 unspecified atom stereocenters. The summed E-state index contributed by atoms with van der Waals surface area (Å²) in [6.45, 7) is 1.44. The van der Waals surface area contributed by atoms with Gasteiger partial charge < -0.3 is 10.0 Å². The van der Waals surface area contributed by atoms with Crippen LogP contribution in [-0.4, -0.2) is 24.0 Å². The molecule has 1 atom stereocenters. The molecule has 0 spiro atoms. The van der Waals surface area contributed by atoms with Gasteiger partial charge in [0, 0.05) is 19.2 Å². The van der Waals surface area contributed by atoms with Gasteiger partial charge in [0.05, 0.1) is 0 Å². The zero-order chi connectivity index (χ0) is 12.8. The average Bonchev–Trinajstić information content (AvgIpc) is 2.26. The van der Waals surface area contributed by atoms with E-state index in [2.05, 4.69) is 0 Å². The number of halogens is 1. The molecule has 0 aromatic heterocycles. The molecule has 1 aromatic carbocycles. The first-order chi connectivity index (χ1) is 7.86. The number of hydrogen-bond donors (Lipinski definition) is 1. The van der Waals surface area contributed by atoms with E-state index in [1.807, 2.05) is 0 Å². The number of carboxylic acids is 1. The molecule has 1 aliphatic rings. The highest BCUT2D eigenvalue weighted by Crippen LogP contribution is 2.40. The first-order valence-electron chi connectivity index (χ1n) is 5.16. The van der Waals surface area contributed by atoms with E-state index in [0.717, 1.165) is 0 Å².